The van der Waals surface area contributed by atoms with Crippen molar-refractivity contribution in [2.75, 3.05) is 26.2 Å². The first-order valence-electron chi connectivity index (χ1n) is 8.72. The fraction of sp³-hybridized carbons (Fsp3) is 0.632. The van der Waals surface area contributed by atoms with Gasteiger partial charge in [-0.1, -0.05) is 30.3 Å². The van der Waals surface area contributed by atoms with Gasteiger partial charge in [0.2, 0.25) is 5.91 Å². The number of morpholine rings is 1. The van der Waals surface area contributed by atoms with E-state index in [1.54, 1.807) is 0 Å². The Hall–Kier alpha value is -1.39. The molecule has 1 aromatic carbocycles. The van der Waals surface area contributed by atoms with E-state index in [0.717, 1.165) is 44.6 Å². The molecule has 0 aromatic heterocycles. The molecule has 0 bridgehead atoms. The third kappa shape index (κ3) is 3.75. The predicted octanol–water partition coefficient (Wildman–Crippen LogP) is 2.85. The predicted molar refractivity (Wildman–Crippen MR) is 91.2 cm³/mol. The van der Waals surface area contributed by atoms with Crippen molar-refractivity contribution in [2.45, 2.75) is 51.4 Å². The quantitative estimate of drug-likeness (QED) is 0.859. The summed E-state index contributed by atoms with van der Waals surface area (Å²) in [5.74, 6) is 0.249. The molecule has 2 heterocycles. The highest BCUT2D eigenvalue weighted by atomic mass is 16.5. The van der Waals surface area contributed by atoms with Gasteiger partial charge in [-0.25, -0.2) is 0 Å². The summed E-state index contributed by atoms with van der Waals surface area (Å²) in [5, 5.41) is 0. The SMILES string of the molecule is C[C@H]1CN([C@@H](C(=O)N2CCCC2)c2ccccc2)CC(C)(C)O1. The number of amides is 1. The van der Waals surface area contributed by atoms with Gasteiger partial charge in [0, 0.05) is 26.2 Å². The lowest BCUT2D eigenvalue weighted by atomic mass is 9.98. The standard InChI is InChI=1S/C19H28N2O2/c1-15-13-21(14-19(2,3)23-15)17(16-9-5-4-6-10-16)18(22)20-11-7-8-12-20/h4-6,9-10,15,17H,7-8,11-14H2,1-3H3/t15-,17+/m0/s1. The van der Waals surface area contributed by atoms with Gasteiger partial charge in [-0.05, 0) is 39.2 Å². The van der Waals surface area contributed by atoms with Gasteiger partial charge in [0.05, 0.1) is 11.7 Å². The normalized spacial score (nSPS) is 26.2. The maximum atomic E-state index is 13.2. The molecule has 4 heteroatoms. The van der Waals surface area contributed by atoms with Gasteiger partial charge in [-0.15, -0.1) is 0 Å². The summed E-state index contributed by atoms with van der Waals surface area (Å²) in [5.41, 5.74) is 0.866. The van der Waals surface area contributed by atoms with Crippen LogP contribution in [0.2, 0.25) is 0 Å². The number of nitrogens with zero attached hydrogens (tertiary/aromatic N) is 2. The average Bonchev–Trinajstić information content (AvgIpc) is 3.00. The van der Waals surface area contributed by atoms with Crippen molar-refractivity contribution in [3.63, 3.8) is 0 Å². The third-order valence-electron chi connectivity index (χ3n) is 4.73. The van der Waals surface area contributed by atoms with Crippen LogP contribution in [0.4, 0.5) is 0 Å². The van der Waals surface area contributed by atoms with Crippen LogP contribution in [0.25, 0.3) is 0 Å². The molecule has 0 unspecified atom stereocenters. The van der Waals surface area contributed by atoms with Crippen molar-refractivity contribution < 1.29 is 9.53 Å². The molecule has 3 rings (SSSR count). The Morgan fingerprint density at radius 3 is 2.48 bits per heavy atom. The molecule has 0 spiro atoms. The molecule has 2 aliphatic rings. The van der Waals surface area contributed by atoms with Crippen LogP contribution in [0.3, 0.4) is 0 Å². The van der Waals surface area contributed by atoms with E-state index in [0.29, 0.717) is 0 Å². The van der Waals surface area contributed by atoms with Crippen LogP contribution in [0, 0.1) is 0 Å². The number of hydrogen-bond donors (Lipinski definition) is 0. The van der Waals surface area contributed by atoms with Crippen LogP contribution >= 0.6 is 0 Å². The van der Waals surface area contributed by atoms with E-state index in [2.05, 4.69) is 37.8 Å². The molecule has 4 nitrogen and oxygen atoms in total. The maximum absolute atomic E-state index is 13.2. The van der Waals surface area contributed by atoms with Crippen molar-refractivity contribution in [2.24, 2.45) is 0 Å². The lowest BCUT2D eigenvalue weighted by Gasteiger charge is -2.45. The molecule has 2 saturated heterocycles. The van der Waals surface area contributed by atoms with Crippen molar-refractivity contribution in [3.05, 3.63) is 35.9 Å². The van der Waals surface area contributed by atoms with E-state index in [9.17, 15) is 4.79 Å². The highest BCUT2D eigenvalue weighted by Crippen LogP contribution is 2.31. The van der Waals surface area contributed by atoms with Crippen LogP contribution in [0.1, 0.15) is 45.2 Å². The molecule has 0 N–H and O–H groups in total. The second kappa shape index (κ2) is 6.62. The van der Waals surface area contributed by atoms with Crippen LogP contribution in [0.15, 0.2) is 30.3 Å². The molecule has 1 aromatic rings. The highest BCUT2D eigenvalue weighted by Gasteiger charge is 2.39. The minimum Gasteiger partial charge on any atom is -0.370 e. The summed E-state index contributed by atoms with van der Waals surface area (Å²) in [6.45, 7) is 9.67. The Morgan fingerprint density at radius 1 is 1.22 bits per heavy atom. The molecule has 2 fully saturated rings. The molecule has 23 heavy (non-hydrogen) atoms. The van der Waals surface area contributed by atoms with Crippen LogP contribution in [-0.2, 0) is 9.53 Å². The van der Waals surface area contributed by atoms with Crippen molar-refractivity contribution in [3.8, 4) is 0 Å². The summed E-state index contributed by atoms with van der Waals surface area (Å²) in [6, 6.07) is 10.0. The van der Waals surface area contributed by atoms with Crippen molar-refractivity contribution >= 4 is 5.91 Å². The molecule has 1 amide bonds. The van der Waals surface area contributed by atoms with Gasteiger partial charge >= 0.3 is 0 Å². The first-order valence-corrected chi connectivity index (χ1v) is 8.72. The zero-order valence-corrected chi connectivity index (χ0v) is 14.5. The molecule has 126 valence electrons. The summed E-state index contributed by atoms with van der Waals surface area (Å²) in [4.78, 5) is 17.5. The molecular weight excluding hydrogens is 288 g/mol. The number of rotatable bonds is 3. The Balaban J connectivity index is 1.90. The first kappa shape index (κ1) is 16.5. The second-order valence-electron chi connectivity index (χ2n) is 7.46. The first-order chi connectivity index (χ1) is 11.0. The lowest BCUT2D eigenvalue weighted by Crippen LogP contribution is -2.55. The smallest absolute Gasteiger partial charge is 0.244 e. The summed E-state index contributed by atoms with van der Waals surface area (Å²) < 4.78 is 6.03. The van der Waals surface area contributed by atoms with E-state index < -0.39 is 0 Å². The summed E-state index contributed by atoms with van der Waals surface area (Å²) in [6.07, 6.45) is 2.38. The summed E-state index contributed by atoms with van der Waals surface area (Å²) in [7, 11) is 0. The Bertz CT molecular complexity index is 538. The van der Waals surface area contributed by atoms with Crippen molar-refractivity contribution in [1.29, 1.82) is 0 Å². The Labute approximate surface area is 139 Å². The van der Waals surface area contributed by atoms with E-state index >= 15 is 0 Å². The monoisotopic (exact) mass is 316 g/mol. The molecule has 0 saturated carbocycles. The van der Waals surface area contributed by atoms with Gasteiger partial charge < -0.3 is 9.64 Å². The number of likely N-dealkylation sites (tertiary alicyclic amines) is 1. The topological polar surface area (TPSA) is 32.8 Å². The van der Waals surface area contributed by atoms with Crippen LogP contribution in [-0.4, -0.2) is 53.6 Å². The number of carbonyl (C=O) groups is 1. The zero-order chi connectivity index (χ0) is 16.4. The fourth-order valence-corrected chi connectivity index (χ4v) is 3.96. The minimum absolute atomic E-state index is 0.136. The van der Waals surface area contributed by atoms with Gasteiger partial charge in [-0.2, -0.15) is 0 Å². The largest absolute Gasteiger partial charge is 0.370 e. The molecule has 2 aliphatic heterocycles. The van der Waals surface area contributed by atoms with E-state index in [-0.39, 0.29) is 23.7 Å². The maximum Gasteiger partial charge on any atom is 0.244 e. The molecule has 0 radical (unpaired) electrons. The van der Waals surface area contributed by atoms with Crippen LogP contribution in [0.5, 0.6) is 0 Å². The van der Waals surface area contributed by atoms with Gasteiger partial charge in [0.1, 0.15) is 6.04 Å². The second-order valence-corrected chi connectivity index (χ2v) is 7.46. The van der Waals surface area contributed by atoms with Gasteiger partial charge in [0.15, 0.2) is 0 Å². The van der Waals surface area contributed by atoms with E-state index in [4.69, 9.17) is 4.74 Å². The highest BCUT2D eigenvalue weighted by molar-refractivity contribution is 5.83. The number of ether oxygens (including phenoxy) is 1. The van der Waals surface area contributed by atoms with Gasteiger partial charge in [-0.3, -0.25) is 9.69 Å². The molecular formula is C19H28N2O2. The lowest BCUT2D eigenvalue weighted by molar-refractivity contribution is -0.155. The third-order valence-corrected chi connectivity index (χ3v) is 4.73. The average molecular weight is 316 g/mol. The summed E-state index contributed by atoms with van der Waals surface area (Å²) >= 11 is 0. The minimum atomic E-state index is -0.226. The molecule has 0 aliphatic carbocycles. The van der Waals surface area contributed by atoms with Crippen LogP contribution < -0.4 is 0 Å². The number of hydrogen-bond acceptors (Lipinski definition) is 3. The number of carbonyl (C=O) groups excluding carboxylic acids is 1. The number of benzene rings is 1. The van der Waals surface area contributed by atoms with E-state index in [1.807, 2.05) is 23.1 Å². The van der Waals surface area contributed by atoms with E-state index in [1.165, 1.54) is 0 Å². The Kier molecular flexibility index (Phi) is 4.74. The zero-order valence-electron chi connectivity index (χ0n) is 14.5. The van der Waals surface area contributed by atoms with Crippen molar-refractivity contribution in [1.82, 2.24) is 9.80 Å². The Morgan fingerprint density at radius 2 is 1.87 bits per heavy atom. The molecule has 2 atom stereocenters. The van der Waals surface area contributed by atoms with Gasteiger partial charge in [0.25, 0.3) is 0 Å². The fourth-order valence-electron chi connectivity index (χ4n) is 3.96.